The average molecular weight is 270 g/mol. The Balaban J connectivity index is 1.85. The first-order valence-electron chi connectivity index (χ1n) is 6.82. The van der Waals surface area contributed by atoms with Gasteiger partial charge in [-0.25, -0.2) is 4.98 Å². The van der Waals surface area contributed by atoms with Crippen molar-refractivity contribution < 1.29 is 0 Å². The van der Waals surface area contributed by atoms with Gasteiger partial charge in [-0.15, -0.1) is 0 Å². The summed E-state index contributed by atoms with van der Waals surface area (Å²) in [6.45, 7) is 2.68. The predicted molar refractivity (Wildman–Crippen MR) is 73.6 cm³/mol. The van der Waals surface area contributed by atoms with Gasteiger partial charge < -0.3 is 4.57 Å². The Labute approximate surface area is 118 Å². The summed E-state index contributed by atoms with van der Waals surface area (Å²) >= 11 is 0. The molecule has 0 unspecified atom stereocenters. The van der Waals surface area contributed by atoms with E-state index in [1.54, 1.807) is 0 Å². The van der Waals surface area contributed by atoms with E-state index < -0.39 is 0 Å². The lowest BCUT2D eigenvalue weighted by Gasteiger charge is -2.19. The molecule has 3 rings (SSSR count). The van der Waals surface area contributed by atoms with Crippen molar-refractivity contribution in [1.29, 1.82) is 5.26 Å². The van der Waals surface area contributed by atoms with Crippen molar-refractivity contribution in [3.63, 3.8) is 0 Å². The van der Waals surface area contributed by atoms with Crippen LogP contribution in [0.25, 0.3) is 0 Å². The van der Waals surface area contributed by atoms with E-state index >= 15 is 0 Å². The first-order valence-corrected chi connectivity index (χ1v) is 6.82. The molecule has 20 heavy (non-hydrogen) atoms. The van der Waals surface area contributed by atoms with E-state index in [1.807, 2.05) is 31.2 Å². The van der Waals surface area contributed by atoms with E-state index in [-0.39, 0.29) is 0 Å². The van der Waals surface area contributed by atoms with Gasteiger partial charge in [0.1, 0.15) is 11.9 Å². The number of hydrogen-bond donors (Lipinski definition) is 0. The molecule has 0 saturated heterocycles. The molecule has 0 aromatic carbocycles. The number of nitrogens with zero attached hydrogens (tertiary/aromatic N) is 6. The number of aromatic nitrogens is 4. The van der Waals surface area contributed by atoms with Gasteiger partial charge in [0.2, 0.25) is 0 Å². The van der Waals surface area contributed by atoms with Crippen LogP contribution in [-0.2, 0) is 33.6 Å². The van der Waals surface area contributed by atoms with Crippen LogP contribution < -0.4 is 0 Å². The molecule has 6 nitrogen and oxygen atoms in total. The molecule has 0 bridgehead atoms. The molecule has 1 aliphatic heterocycles. The molecule has 3 heterocycles. The summed E-state index contributed by atoms with van der Waals surface area (Å²) in [5, 5.41) is 13.5. The van der Waals surface area contributed by atoms with Gasteiger partial charge in [-0.2, -0.15) is 10.4 Å². The highest BCUT2D eigenvalue weighted by molar-refractivity contribution is 5.35. The van der Waals surface area contributed by atoms with Crippen molar-refractivity contribution in [1.82, 2.24) is 24.2 Å². The van der Waals surface area contributed by atoms with Crippen LogP contribution in [0.2, 0.25) is 0 Å². The van der Waals surface area contributed by atoms with Crippen LogP contribution in [0, 0.1) is 11.3 Å². The first-order chi connectivity index (χ1) is 9.69. The van der Waals surface area contributed by atoms with Crippen LogP contribution in [0.3, 0.4) is 0 Å². The van der Waals surface area contributed by atoms with Crippen molar-refractivity contribution in [3.8, 4) is 6.07 Å². The lowest BCUT2D eigenvalue weighted by Crippen LogP contribution is -2.25. The second-order valence-corrected chi connectivity index (χ2v) is 5.28. The van der Waals surface area contributed by atoms with Gasteiger partial charge in [0.15, 0.2) is 5.69 Å². The van der Waals surface area contributed by atoms with E-state index in [2.05, 4.69) is 25.6 Å². The van der Waals surface area contributed by atoms with Gasteiger partial charge in [-0.05, 0) is 19.4 Å². The predicted octanol–water partition coefficient (Wildman–Crippen LogP) is 0.974. The van der Waals surface area contributed by atoms with E-state index in [9.17, 15) is 0 Å². The second-order valence-electron chi connectivity index (χ2n) is 5.28. The summed E-state index contributed by atoms with van der Waals surface area (Å²) in [4.78, 5) is 6.76. The van der Waals surface area contributed by atoms with Gasteiger partial charge in [0.05, 0.1) is 12.2 Å². The maximum absolute atomic E-state index is 9.16. The zero-order chi connectivity index (χ0) is 14.1. The molecule has 0 aliphatic carbocycles. The molecule has 2 aromatic heterocycles. The molecular weight excluding hydrogens is 252 g/mol. The van der Waals surface area contributed by atoms with Gasteiger partial charge >= 0.3 is 0 Å². The molecule has 0 atom stereocenters. The lowest BCUT2D eigenvalue weighted by atomic mass is 10.1. The quantitative estimate of drug-likeness (QED) is 0.816. The van der Waals surface area contributed by atoms with Crippen LogP contribution in [0.5, 0.6) is 0 Å². The summed E-state index contributed by atoms with van der Waals surface area (Å²) in [5.41, 5.74) is 2.87. The molecule has 0 saturated carbocycles. The number of hydrogen-bond acceptors (Lipinski definition) is 4. The highest BCUT2D eigenvalue weighted by Crippen LogP contribution is 2.22. The fraction of sp³-hybridized carbons (Fsp3) is 0.500. The molecule has 0 spiro atoms. The lowest BCUT2D eigenvalue weighted by molar-refractivity contribution is 0.245. The van der Waals surface area contributed by atoms with Gasteiger partial charge in [0.25, 0.3) is 0 Å². The number of rotatable bonds is 2. The number of nitriles is 1. The maximum Gasteiger partial charge on any atom is 0.165 e. The summed E-state index contributed by atoms with van der Waals surface area (Å²) in [6.07, 6.45) is 5.79. The minimum atomic E-state index is 0.585. The van der Waals surface area contributed by atoms with Crippen LogP contribution in [-0.4, -0.2) is 30.8 Å². The molecule has 6 heteroatoms. The highest BCUT2D eigenvalue weighted by atomic mass is 15.3. The Morgan fingerprint density at radius 2 is 2.25 bits per heavy atom. The molecular formula is C14H18N6. The fourth-order valence-electron chi connectivity index (χ4n) is 2.81. The minimum Gasteiger partial charge on any atom is -0.337 e. The molecule has 0 fully saturated rings. The summed E-state index contributed by atoms with van der Waals surface area (Å²) in [7, 11) is 3.94. The van der Waals surface area contributed by atoms with Gasteiger partial charge in [-0.1, -0.05) is 0 Å². The summed E-state index contributed by atoms with van der Waals surface area (Å²) < 4.78 is 3.90. The maximum atomic E-state index is 9.16. The van der Waals surface area contributed by atoms with E-state index in [1.165, 1.54) is 0 Å². The van der Waals surface area contributed by atoms with Crippen molar-refractivity contribution >= 4 is 0 Å². The van der Waals surface area contributed by atoms with Crippen molar-refractivity contribution in [2.75, 3.05) is 6.54 Å². The molecule has 0 amide bonds. The van der Waals surface area contributed by atoms with Crippen molar-refractivity contribution in [2.45, 2.75) is 25.9 Å². The third-order valence-corrected chi connectivity index (χ3v) is 3.94. The molecule has 2 aromatic rings. The third kappa shape index (κ3) is 2.21. The summed E-state index contributed by atoms with van der Waals surface area (Å²) in [5.74, 6) is 1.07. The Hall–Kier alpha value is -2.13. The van der Waals surface area contributed by atoms with Crippen molar-refractivity contribution in [2.24, 2.45) is 14.1 Å². The Morgan fingerprint density at radius 3 is 2.95 bits per heavy atom. The van der Waals surface area contributed by atoms with Crippen LogP contribution in [0.15, 0.2) is 12.4 Å². The van der Waals surface area contributed by atoms with E-state index in [0.29, 0.717) is 5.69 Å². The second kappa shape index (κ2) is 5.10. The molecule has 104 valence electrons. The highest BCUT2D eigenvalue weighted by Gasteiger charge is 2.22. The monoisotopic (exact) mass is 270 g/mol. The summed E-state index contributed by atoms with van der Waals surface area (Å²) in [6, 6.07) is 2.21. The zero-order valence-corrected chi connectivity index (χ0v) is 11.9. The van der Waals surface area contributed by atoms with E-state index in [4.69, 9.17) is 5.26 Å². The van der Waals surface area contributed by atoms with Crippen molar-refractivity contribution in [3.05, 3.63) is 35.2 Å². The third-order valence-electron chi connectivity index (χ3n) is 3.94. The van der Waals surface area contributed by atoms with Crippen LogP contribution in [0.4, 0.5) is 0 Å². The topological polar surface area (TPSA) is 62.7 Å². The number of fused-ring (bicyclic) bond motifs is 1. The average Bonchev–Trinajstić information content (AvgIpc) is 2.87. The van der Waals surface area contributed by atoms with E-state index in [0.717, 1.165) is 49.6 Å². The molecule has 0 N–H and O–H groups in total. The van der Waals surface area contributed by atoms with Gasteiger partial charge in [0, 0.05) is 38.6 Å². The molecule has 0 radical (unpaired) electrons. The number of imidazole rings is 1. The van der Waals surface area contributed by atoms with Gasteiger partial charge in [-0.3, -0.25) is 9.58 Å². The standard InChI is InChI=1S/C14H18N6/c1-18-7-5-16-14(18)10-20-6-3-4-11-12(8-15)17-19(2)13(11)9-20/h5,7H,3-4,6,9-10H2,1-2H3. The first kappa shape index (κ1) is 12.9. The Morgan fingerprint density at radius 1 is 1.40 bits per heavy atom. The normalized spacial score (nSPS) is 15.7. The largest absolute Gasteiger partial charge is 0.337 e. The molecule has 1 aliphatic rings. The van der Waals surface area contributed by atoms with Crippen LogP contribution >= 0.6 is 0 Å². The zero-order valence-electron chi connectivity index (χ0n) is 11.9. The Kier molecular flexibility index (Phi) is 3.28. The Bertz CT molecular complexity index is 660. The smallest absolute Gasteiger partial charge is 0.165 e. The number of aryl methyl sites for hydroxylation is 2. The fourth-order valence-corrected chi connectivity index (χ4v) is 2.81. The SMILES string of the molecule is Cn1ccnc1CN1CCCc2c(C#N)nn(C)c2C1. The minimum absolute atomic E-state index is 0.585. The van der Waals surface area contributed by atoms with Crippen LogP contribution in [0.1, 0.15) is 29.2 Å².